The molecule has 1 N–H and O–H groups in total. The first-order valence-electron chi connectivity index (χ1n) is 10.2. The summed E-state index contributed by atoms with van der Waals surface area (Å²) in [6.07, 6.45) is 3.38. The van der Waals surface area contributed by atoms with Crippen molar-refractivity contribution in [2.45, 2.75) is 24.4 Å². The fourth-order valence-corrected chi connectivity index (χ4v) is 4.26. The van der Waals surface area contributed by atoms with E-state index < -0.39 is 22.3 Å². The number of carbonyl (C=O) groups excluding carboxylic acids is 1. The number of amides is 1. The van der Waals surface area contributed by atoms with E-state index in [0.29, 0.717) is 5.16 Å². The van der Waals surface area contributed by atoms with Crippen molar-refractivity contribution in [1.82, 2.24) is 14.8 Å². The number of aromatic nitrogens is 3. The Labute approximate surface area is 187 Å². The van der Waals surface area contributed by atoms with E-state index in [1.807, 2.05) is 34.9 Å². The number of hydrogen-bond donors (Lipinski definition) is 1. The first-order chi connectivity index (χ1) is 15.5. The molecule has 0 unspecified atom stereocenters. The van der Waals surface area contributed by atoms with Gasteiger partial charge in [0.05, 0.1) is 16.4 Å². The molecule has 0 radical (unpaired) electrons. The van der Waals surface area contributed by atoms with Gasteiger partial charge in [0.15, 0.2) is 5.16 Å². The van der Waals surface area contributed by atoms with Gasteiger partial charge in [-0.3, -0.25) is 19.5 Å². The highest BCUT2D eigenvalue weighted by Crippen LogP contribution is 2.28. The van der Waals surface area contributed by atoms with Gasteiger partial charge in [-0.05, 0) is 43.5 Å². The minimum Gasteiger partial charge on any atom is -0.341 e. The number of thioether (sulfide) groups is 1. The molecule has 1 fully saturated rings. The number of carbonyl (C=O) groups is 1. The highest BCUT2D eigenvalue weighted by molar-refractivity contribution is 7.99. The fourth-order valence-electron chi connectivity index (χ4n) is 3.51. The van der Waals surface area contributed by atoms with Gasteiger partial charge < -0.3 is 10.2 Å². The topological polar surface area (TPSA) is 106 Å². The smallest absolute Gasteiger partial charge is 0.306 e. The van der Waals surface area contributed by atoms with Gasteiger partial charge >= 0.3 is 5.69 Å². The Bertz CT molecular complexity index is 1120. The Balaban J connectivity index is 1.50. The second-order valence-corrected chi connectivity index (χ2v) is 8.20. The molecule has 2 aromatic carbocycles. The molecule has 0 aliphatic carbocycles. The Hall–Kier alpha value is -3.47. The van der Waals surface area contributed by atoms with Crippen LogP contribution in [0.4, 0.5) is 21.7 Å². The fraction of sp³-hybridized carbons (Fsp3) is 0.286. The minimum atomic E-state index is -0.955. The maximum absolute atomic E-state index is 13.5. The molecule has 32 heavy (non-hydrogen) atoms. The van der Waals surface area contributed by atoms with Gasteiger partial charge in [0.1, 0.15) is 0 Å². The van der Waals surface area contributed by atoms with Gasteiger partial charge in [0, 0.05) is 24.8 Å². The van der Waals surface area contributed by atoms with Crippen LogP contribution in [-0.2, 0) is 4.79 Å². The molecular formula is C21H21FN6O3S. The lowest BCUT2D eigenvalue weighted by Crippen LogP contribution is -2.31. The van der Waals surface area contributed by atoms with Crippen LogP contribution in [0.1, 0.15) is 19.3 Å². The molecule has 166 valence electrons. The molecule has 1 aromatic heterocycles. The SMILES string of the molecule is O=C(CSc1nnc(N2CCCCC2)n1-c1ccccc1)Nc1ccc(F)c([N+](=O)[O-])c1. The van der Waals surface area contributed by atoms with E-state index in [-0.39, 0.29) is 11.4 Å². The second-order valence-electron chi connectivity index (χ2n) is 7.26. The van der Waals surface area contributed by atoms with Crippen LogP contribution in [0, 0.1) is 15.9 Å². The zero-order chi connectivity index (χ0) is 22.5. The van der Waals surface area contributed by atoms with Crippen molar-refractivity contribution in [1.29, 1.82) is 0 Å². The van der Waals surface area contributed by atoms with E-state index in [0.717, 1.165) is 49.7 Å². The number of nitrogens with zero attached hydrogens (tertiary/aromatic N) is 5. The number of anilines is 2. The maximum Gasteiger partial charge on any atom is 0.306 e. The third-order valence-corrected chi connectivity index (χ3v) is 5.96. The molecule has 1 aliphatic rings. The third-order valence-electron chi connectivity index (χ3n) is 5.03. The van der Waals surface area contributed by atoms with Crippen LogP contribution in [0.5, 0.6) is 0 Å². The lowest BCUT2D eigenvalue weighted by atomic mass is 10.1. The highest BCUT2D eigenvalue weighted by Gasteiger charge is 2.22. The number of halogens is 1. The molecule has 1 aliphatic heterocycles. The largest absolute Gasteiger partial charge is 0.341 e. The van der Waals surface area contributed by atoms with Gasteiger partial charge in [-0.2, -0.15) is 4.39 Å². The van der Waals surface area contributed by atoms with Crippen LogP contribution >= 0.6 is 11.8 Å². The number of rotatable bonds is 7. The summed E-state index contributed by atoms with van der Waals surface area (Å²) < 4.78 is 15.4. The summed E-state index contributed by atoms with van der Waals surface area (Å²) in [5, 5.41) is 22.7. The summed E-state index contributed by atoms with van der Waals surface area (Å²) >= 11 is 1.21. The van der Waals surface area contributed by atoms with Crippen molar-refractivity contribution in [2.75, 3.05) is 29.1 Å². The van der Waals surface area contributed by atoms with Gasteiger partial charge in [-0.1, -0.05) is 30.0 Å². The lowest BCUT2D eigenvalue weighted by molar-refractivity contribution is -0.387. The number of nitro groups is 1. The van der Waals surface area contributed by atoms with E-state index >= 15 is 0 Å². The summed E-state index contributed by atoms with van der Waals surface area (Å²) in [4.78, 5) is 24.7. The zero-order valence-electron chi connectivity index (χ0n) is 17.1. The van der Waals surface area contributed by atoms with E-state index in [1.54, 1.807) is 0 Å². The second kappa shape index (κ2) is 9.77. The van der Waals surface area contributed by atoms with Crippen molar-refractivity contribution >= 4 is 35.0 Å². The molecule has 1 amide bonds. The van der Waals surface area contributed by atoms with E-state index in [2.05, 4.69) is 20.4 Å². The molecule has 9 nitrogen and oxygen atoms in total. The summed E-state index contributed by atoms with van der Waals surface area (Å²) in [5.74, 6) is -0.592. The third kappa shape index (κ3) is 4.88. The number of nitro benzene ring substituents is 1. The van der Waals surface area contributed by atoms with Crippen LogP contribution in [0.25, 0.3) is 5.69 Å². The average molecular weight is 457 g/mol. The Morgan fingerprint density at radius 3 is 2.59 bits per heavy atom. The van der Waals surface area contributed by atoms with Crippen molar-refractivity contribution < 1.29 is 14.1 Å². The number of nitrogens with one attached hydrogen (secondary N) is 1. The molecule has 2 heterocycles. The zero-order valence-corrected chi connectivity index (χ0v) is 17.9. The van der Waals surface area contributed by atoms with Crippen molar-refractivity contribution in [3.8, 4) is 5.69 Å². The van der Waals surface area contributed by atoms with E-state index in [1.165, 1.54) is 24.2 Å². The first-order valence-corrected chi connectivity index (χ1v) is 11.1. The van der Waals surface area contributed by atoms with Crippen LogP contribution in [0.15, 0.2) is 53.7 Å². The molecule has 11 heteroatoms. The van der Waals surface area contributed by atoms with Crippen LogP contribution in [0.2, 0.25) is 0 Å². The van der Waals surface area contributed by atoms with Crippen LogP contribution in [0.3, 0.4) is 0 Å². The molecular weight excluding hydrogens is 435 g/mol. The van der Waals surface area contributed by atoms with Gasteiger partial charge in [-0.25, -0.2) is 0 Å². The molecule has 3 aromatic rings. The minimum absolute atomic E-state index is 0.0101. The van der Waals surface area contributed by atoms with Crippen molar-refractivity contribution in [3.63, 3.8) is 0 Å². The predicted octanol–water partition coefficient (Wildman–Crippen LogP) is 4.04. The van der Waals surface area contributed by atoms with E-state index in [9.17, 15) is 19.3 Å². The number of benzene rings is 2. The quantitative estimate of drug-likeness (QED) is 0.325. The Morgan fingerprint density at radius 2 is 1.88 bits per heavy atom. The van der Waals surface area contributed by atoms with Gasteiger partial charge in [-0.15, -0.1) is 10.2 Å². The standard InChI is InChI=1S/C21H21FN6O3S/c22-17-10-9-15(13-18(17)28(30)31)23-19(29)14-32-21-25-24-20(26-11-5-2-6-12-26)27(21)16-7-3-1-4-8-16/h1,3-4,7-10,13H,2,5-6,11-12,14H2,(H,23,29). The molecule has 0 atom stereocenters. The maximum atomic E-state index is 13.5. The van der Waals surface area contributed by atoms with Gasteiger partial charge in [0.25, 0.3) is 0 Å². The molecule has 0 spiro atoms. The Kier molecular flexibility index (Phi) is 6.64. The normalized spacial score (nSPS) is 13.7. The first kappa shape index (κ1) is 21.8. The van der Waals surface area contributed by atoms with Crippen LogP contribution < -0.4 is 10.2 Å². The van der Waals surface area contributed by atoms with Gasteiger partial charge in [0.2, 0.25) is 17.7 Å². The van der Waals surface area contributed by atoms with E-state index in [4.69, 9.17) is 0 Å². The Morgan fingerprint density at radius 1 is 1.12 bits per heavy atom. The number of hydrogen-bond acceptors (Lipinski definition) is 7. The summed E-state index contributed by atoms with van der Waals surface area (Å²) in [6.45, 7) is 1.80. The number of piperidine rings is 1. The predicted molar refractivity (Wildman–Crippen MR) is 120 cm³/mol. The summed E-state index contributed by atoms with van der Waals surface area (Å²) in [5.41, 5.74) is 0.364. The molecule has 4 rings (SSSR count). The molecule has 0 saturated carbocycles. The average Bonchev–Trinajstić information content (AvgIpc) is 3.24. The lowest BCUT2D eigenvalue weighted by Gasteiger charge is -2.27. The highest BCUT2D eigenvalue weighted by atomic mass is 32.2. The summed E-state index contributed by atoms with van der Waals surface area (Å²) in [6, 6.07) is 12.9. The summed E-state index contributed by atoms with van der Waals surface area (Å²) in [7, 11) is 0. The molecule has 0 bridgehead atoms. The molecule has 1 saturated heterocycles. The van der Waals surface area contributed by atoms with Crippen molar-refractivity contribution in [2.24, 2.45) is 0 Å². The van der Waals surface area contributed by atoms with Crippen LogP contribution in [-0.4, -0.2) is 44.4 Å². The number of para-hydroxylation sites is 1. The van der Waals surface area contributed by atoms with Crippen molar-refractivity contribution in [3.05, 3.63) is 64.5 Å². The monoisotopic (exact) mass is 456 g/mol.